The summed E-state index contributed by atoms with van der Waals surface area (Å²) >= 11 is 0. The number of rotatable bonds is 11. The molecule has 0 aliphatic rings. The van der Waals surface area contributed by atoms with E-state index in [4.69, 9.17) is 14.2 Å². The third-order valence-electron chi connectivity index (χ3n) is 4.89. The normalized spacial score (nSPS) is 10.4. The van der Waals surface area contributed by atoms with Gasteiger partial charge in [-0.25, -0.2) is 0 Å². The fraction of sp³-hybridized carbons (Fsp3) is 0.143. The second-order valence-corrected chi connectivity index (χ2v) is 7.27. The van der Waals surface area contributed by atoms with E-state index in [2.05, 4.69) is 23.5 Å². The molecule has 162 valence electrons. The molecule has 0 fully saturated rings. The highest BCUT2D eigenvalue weighted by Gasteiger charge is 2.04. The van der Waals surface area contributed by atoms with Gasteiger partial charge < -0.3 is 19.5 Å². The topological polar surface area (TPSA) is 39.7 Å². The molecule has 0 aliphatic heterocycles. The van der Waals surface area contributed by atoms with E-state index in [1.54, 1.807) is 0 Å². The summed E-state index contributed by atoms with van der Waals surface area (Å²) in [4.78, 5) is 0. The fourth-order valence-electron chi connectivity index (χ4n) is 3.25. The van der Waals surface area contributed by atoms with Crippen LogP contribution in [0.2, 0.25) is 0 Å². The standard InChI is InChI=1S/C28H27NO3/c1-3-10-23(11-4-1)22-32-27-16-9-13-25(20-27)29-21-24-12-7-8-17-28(24)31-19-18-30-26-14-5-2-6-15-26/h1-17,20,29H,18-19,21-22H2. The molecule has 4 aromatic rings. The van der Waals surface area contributed by atoms with Crippen LogP contribution in [-0.4, -0.2) is 13.2 Å². The number of nitrogens with one attached hydrogen (secondary N) is 1. The maximum atomic E-state index is 5.97. The molecule has 0 aliphatic carbocycles. The number of ether oxygens (including phenoxy) is 3. The highest BCUT2D eigenvalue weighted by atomic mass is 16.5. The van der Waals surface area contributed by atoms with Gasteiger partial charge in [-0.05, 0) is 35.9 Å². The van der Waals surface area contributed by atoms with Crippen molar-refractivity contribution in [2.45, 2.75) is 13.2 Å². The van der Waals surface area contributed by atoms with Gasteiger partial charge in [-0.15, -0.1) is 0 Å². The minimum atomic E-state index is 0.481. The van der Waals surface area contributed by atoms with Crippen molar-refractivity contribution in [1.29, 1.82) is 0 Å². The summed E-state index contributed by atoms with van der Waals surface area (Å²) < 4.78 is 17.6. The zero-order chi connectivity index (χ0) is 21.8. The summed E-state index contributed by atoms with van der Waals surface area (Å²) in [6, 6.07) is 36.0. The van der Waals surface area contributed by atoms with Crippen LogP contribution in [0.1, 0.15) is 11.1 Å². The molecule has 4 rings (SSSR count). The molecule has 4 aromatic carbocycles. The van der Waals surface area contributed by atoms with Crippen LogP contribution in [0.5, 0.6) is 17.2 Å². The molecule has 0 amide bonds. The van der Waals surface area contributed by atoms with Crippen molar-refractivity contribution in [3.63, 3.8) is 0 Å². The molecule has 32 heavy (non-hydrogen) atoms. The van der Waals surface area contributed by atoms with Gasteiger partial charge in [-0.1, -0.05) is 72.8 Å². The van der Waals surface area contributed by atoms with Gasteiger partial charge in [-0.2, -0.15) is 0 Å². The Morgan fingerprint density at radius 3 is 2.09 bits per heavy atom. The molecule has 0 saturated carbocycles. The molecule has 0 spiro atoms. The average molecular weight is 426 g/mol. The van der Waals surface area contributed by atoms with Crippen molar-refractivity contribution in [2.24, 2.45) is 0 Å². The molecule has 0 saturated heterocycles. The average Bonchev–Trinajstić information content (AvgIpc) is 2.86. The number of para-hydroxylation sites is 2. The highest BCUT2D eigenvalue weighted by molar-refractivity contribution is 5.49. The van der Waals surface area contributed by atoms with E-state index in [0.717, 1.165) is 34.1 Å². The Morgan fingerprint density at radius 1 is 0.562 bits per heavy atom. The number of hydrogen-bond acceptors (Lipinski definition) is 4. The molecule has 4 heteroatoms. The fourth-order valence-corrected chi connectivity index (χ4v) is 3.25. The lowest BCUT2D eigenvalue weighted by Gasteiger charge is -2.14. The molecular formula is C28H27NO3. The van der Waals surface area contributed by atoms with Crippen LogP contribution in [-0.2, 0) is 13.2 Å². The molecule has 0 atom stereocenters. The van der Waals surface area contributed by atoms with Gasteiger partial charge in [0.15, 0.2) is 0 Å². The van der Waals surface area contributed by atoms with E-state index in [0.29, 0.717) is 26.4 Å². The Bertz CT molecular complexity index is 1080. The van der Waals surface area contributed by atoms with Crippen LogP contribution in [0.15, 0.2) is 109 Å². The largest absolute Gasteiger partial charge is 0.490 e. The highest BCUT2D eigenvalue weighted by Crippen LogP contribution is 2.22. The number of hydrogen-bond donors (Lipinski definition) is 1. The number of benzene rings is 4. The van der Waals surface area contributed by atoms with E-state index in [1.165, 1.54) is 0 Å². The summed E-state index contributed by atoms with van der Waals surface area (Å²) in [6.07, 6.45) is 0. The predicted molar refractivity (Wildman–Crippen MR) is 128 cm³/mol. The van der Waals surface area contributed by atoms with Crippen molar-refractivity contribution in [1.82, 2.24) is 0 Å². The lowest BCUT2D eigenvalue weighted by Crippen LogP contribution is -2.11. The molecule has 1 N–H and O–H groups in total. The maximum absolute atomic E-state index is 5.97. The Kier molecular flexibility index (Phi) is 7.64. The van der Waals surface area contributed by atoms with Crippen molar-refractivity contribution in [3.8, 4) is 17.2 Å². The summed E-state index contributed by atoms with van der Waals surface area (Å²) in [5.74, 6) is 2.54. The molecule has 0 aromatic heterocycles. The molecule has 0 bridgehead atoms. The smallest absolute Gasteiger partial charge is 0.124 e. The van der Waals surface area contributed by atoms with Gasteiger partial charge in [0.05, 0.1) is 0 Å². The van der Waals surface area contributed by atoms with E-state index < -0.39 is 0 Å². The van der Waals surface area contributed by atoms with E-state index >= 15 is 0 Å². The van der Waals surface area contributed by atoms with Crippen LogP contribution < -0.4 is 19.5 Å². The van der Waals surface area contributed by atoms with Crippen molar-refractivity contribution in [2.75, 3.05) is 18.5 Å². The molecule has 4 nitrogen and oxygen atoms in total. The van der Waals surface area contributed by atoms with Crippen LogP contribution in [0.3, 0.4) is 0 Å². The lowest BCUT2D eigenvalue weighted by molar-refractivity contribution is 0.216. The first-order chi connectivity index (χ1) is 15.9. The maximum Gasteiger partial charge on any atom is 0.124 e. The summed E-state index contributed by atoms with van der Waals surface area (Å²) in [5, 5.41) is 3.46. The Morgan fingerprint density at radius 2 is 1.25 bits per heavy atom. The van der Waals surface area contributed by atoms with Gasteiger partial charge in [0.25, 0.3) is 0 Å². The third kappa shape index (κ3) is 6.54. The molecular weight excluding hydrogens is 398 g/mol. The van der Waals surface area contributed by atoms with Crippen LogP contribution in [0.4, 0.5) is 5.69 Å². The van der Waals surface area contributed by atoms with Crippen molar-refractivity contribution >= 4 is 5.69 Å². The van der Waals surface area contributed by atoms with Crippen LogP contribution >= 0.6 is 0 Å². The van der Waals surface area contributed by atoms with Crippen molar-refractivity contribution < 1.29 is 14.2 Å². The van der Waals surface area contributed by atoms with Crippen LogP contribution in [0.25, 0.3) is 0 Å². The summed E-state index contributed by atoms with van der Waals surface area (Å²) in [7, 11) is 0. The Balaban J connectivity index is 1.28. The third-order valence-corrected chi connectivity index (χ3v) is 4.89. The molecule has 0 unspecified atom stereocenters. The Hall–Kier alpha value is -3.92. The second-order valence-electron chi connectivity index (χ2n) is 7.27. The van der Waals surface area contributed by atoms with Gasteiger partial charge in [-0.3, -0.25) is 0 Å². The number of anilines is 1. The SMILES string of the molecule is c1ccc(COc2cccc(NCc3ccccc3OCCOc3ccccc3)c2)cc1. The first kappa shape index (κ1) is 21.3. The van der Waals surface area contributed by atoms with E-state index in [1.807, 2.05) is 91.0 Å². The molecule has 0 radical (unpaired) electrons. The summed E-state index contributed by atoms with van der Waals surface area (Å²) in [5.41, 5.74) is 3.23. The monoisotopic (exact) mass is 425 g/mol. The van der Waals surface area contributed by atoms with Crippen LogP contribution in [0, 0.1) is 0 Å². The van der Waals surface area contributed by atoms with Gasteiger partial charge in [0.2, 0.25) is 0 Å². The lowest BCUT2D eigenvalue weighted by atomic mass is 10.2. The summed E-state index contributed by atoms with van der Waals surface area (Å²) in [6.45, 7) is 2.17. The zero-order valence-electron chi connectivity index (χ0n) is 17.9. The van der Waals surface area contributed by atoms with Crippen molar-refractivity contribution in [3.05, 3.63) is 120 Å². The first-order valence-electron chi connectivity index (χ1n) is 10.8. The zero-order valence-corrected chi connectivity index (χ0v) is 17.9. The minimum absolute atomic E-state index is 0.481. The minimum Gasteiger partial charge on any atom is -0.490 e. The van der Waals surface area contributed by atoms with Gasteiger partial charge in [0.1, 0.15) is 37.1 Å². The van der Waals surface area contributed by atoms with Gasteiger partial charge >= 0.3 is 0 Å². The van der Waals surface area contributed by atoms with Gasteiger partial charge in [0, 0.05) is 23.9 Å². The Labute approximate surface area is 189 Å². The molecule has 0 heterocycles. The first-order valence-corrected chi connectivity index (χ1v) is 10.8. The predicted octanol–water partition coefficient (Wildman–Crippen LogP) is 6.34. The second kappa shape index (κ2) is 11.5. The quantitative estimate of drug-likeness (QED) is 0.285. The van der Waals surface area contributed by atoms with E-state index in [9.17, 15) is 0 Å². The van der Waals surface area contributed by atoms with E-state index in [-0.39, 0.29) is 0 Å².